The smallest absolute Gasteiger partial charge is 0.301 e. The Kier molecular flexibility index (Phi) is 2.82. The maximum Gasteiger partial charge on any atom is 0.301 e. The first-order chi connectivity index (χ1) is 9.13. The van der Waals surface area contributed by atoms with Crippen LogP contribution in [0, 0.1) is 0 Å². The van der Waals surface area contributed by atoms with Crippen LogP contribution in [0.5, 0.6) is 0 Å². The number of carbonyl (C=O) groups is 1. The van der Waals surface area contributed by atoms with Crippen LogP contribution < -0.4 is 0 Å². The van der Waals surface area contributed by atoms with Crippen LogP contribution >= 0.6 is 0 Å². The summed E-state index contributed by atoms with van der Waals surface area (Å²) in [6.45, 7) is -0.442. The SMILES string of the molecule is O=C1N=CN=C2C1=NN=C2[C@H]1O[C@@H](CO)[C@H](O)[C@@H]1O. The van der Waals surface area contributed by atoms with E-state index in [1.165, 1.54) is 0 Å². The summed E-state index contributed by atoms with van der Waals surface area (Å²) in [5, 5.41) is 36.0. The fourth-order valence-electron chi connectivity index (χ4n) is 2.11. The molecule has 0 aromatic rings. The minimum atomic E-state index is -1.28. The van der Waals surface area contributed by atoms with Crippen molar-refractivity contribution in [1.29, 1.82) is 0 Å². The molecule has 0 bridgehead atoms. The van der Waals surface area contributed by atoms with E-state index in [0.717, 1.165) is 6.34 Å². The maximum atomic E-state index is 11.4. The van der Waals surface area contributed by atoms with Crippen molar-refractivity contribution in [3.05, 3.63) is 0 Å². The van der Waals surface area contributed by atoms with Gasteiger partial charge in [0.05, 0.1) is 6.61 Å². The second-order valence-corrected chi connectivity index (χ2v) is 4.22. The Morgan fingerprint density at radius 3 is 2.68 bits per heavy atom. The zero-order chi connectivity index (χ0) is 13.6. The van der Waals surface area contributed by atoms with E-state index >= 15 is 0 Å². The summed E-state index contributed by atoms with van der Waals surface area (Å²) < 4.78 is 5.31. The Morgan fingerprint density at radius 1 is 1.21 bits per heavy atom. The van der Waals surface area contributed by atoms with Crippen molar-refractivity contribution in [2.45, 2.75) is 24.4 Å². The summed E-state index contributed by atoms with van der Waals surface area (Å²) in [4.78, 5) is 18.8. The van der Waals surface area contributed by atoms with Crippen LogP contribution in [-0.2, 0) is 9.53 Å². The van der Waals surface area contributed by atoms with E-state index in [2.05, 4.69) is 20.2 Å². The zero-order valence-corrected chi connectivity index (χ0v) is 9.54. The summed E-state index contributed by atoms with van der Waals surface area (Å²) in [6, 6.07) is 0. The minimum Gasteiger partial charge on any atom is -0.394 e. The van der Waals surface area contributed by atoms with E-state index in [4.69, 9.17) is 9.84 Å². The van der Waals surface area contributed by atoms with Gasteiger partial charge in [-0.3, -0.25) is 4.79 Å². The van der Waals surface area contributed by atoms with E-state index in [-0.39, 0.29) is 17.1 Å². The number of amides is 1. The maximum absolute atomic E-state index is 11.4. The lowest BCUT2D eigenvalue weighted by Gasteiger charge is -2.15. The molecule has 0 aromatic heterocycles. The summed E-state index contributed by atoms with van der Waals surface area (Å²) in [7, 11) is 0. The molecule has 0 aliphatic carbocycles. The van der Waals surface area contributed by atoms with E-state index < -0.39 is 36.9 Å². The highest BCUT2D eigenvalue weighted by Gasteiger charge is 2.48. The molecule has 9 nitrogen and oxygen atoms in total. The van der Waals surface area contributed by atoms with Crippen LogP contribution in [-0.4, -0.2) is 75.7 Å². The lowest BCUT2D eigenvalue weighted by atomic mass is 9.99. The molecule has 1 amide bonds. The van der Waals surface area contributed by atoms with Gasteiger partial charge in [0.25, 0.3) is 0 Å². The van der Waals surface area contributed by atoms with Crippen LogP contribution in [0.25, 0.3) is 0 Å². The first-order valence-corrected chi connectivity index (χ1v) is 5.57. The molecule has 3 aliphatic rings. The predicted octanol–water partition coefficient (Wildman–Crippen LogP) is -2.71. The van der Waals surface area contributed by atoms with Crippen LogP contribution in [0.3, 0.4) is 0 Å². The van der Waals surface area contributed by atoms with Gasteiger partial charge in [-0.25, -0.2) is 4.99 Å². The lowest BCUT2D eigenvalue weighted by Crippen LogP contribution is -2.42. The van der Waals surface area contributed by atoms with Crippen LogP contribution in [0.1, 0.15) is 0 Å². The molecule has 19 heavy (non-hydrogen) atoms. The normalized spacial score (nSPS) is 37.0. The van der Waals surface area contributed by atoms with E-state index in [9.17, 15) is 15.0 Å². The van der Waals surface area contributed by atoms with Crippen molar-refractivity contribution in [1.82, 2.24) is 0 Å². The molecule has 4 atom stereocenters. The average Bonchev–Trinajstić information content (AvgIpc) is 2.94. The molecule has 3 heterocycles. The number of aliphatic hydroxyl groups is 3. The highest BCUT2D eigenvalue weighted by molar-refractivity contribution is 6.84. The molecule has 0 unspecified atom stereocenters. The highest BCUT2D eigenvalue weighted by atomic mass is 16.6. The number of hydrogen-bond donors (Lipinski definition) is 3. The molecule has 0 saturated carbocycles. The van der Waals surface area contributed by atoms with Crippen molar-refractivity contribution >= 4 is 29.4 Å². The Morgan fingerprint density at radius 2 is 2.00 bits per heavy atom. The van der Waals surface area contributed by atoms with E-state index in [1.807, 2.05) is 0 Å². The van der Waals surface area contributed by atoms with Gasteiger partial charge in [-0.2, -0.15) is 4.99 Å². The molecule has 3 N–H and O–H groups in total. The third-order valence-corrected chi connectivity index (χ3v) is 3.10. The first kappa shape index (κ1) is 12.2. The van der Waals surface area contributed by atoms with Gasteiger partial charge in [-0.05, 0) is 0 Å². The van der Waals surface area contributed by atoms with E-state index in [1.54, 1.807) is 0 Å². The number of aliphatic imine (C=N–C) groups is 2. The van der Waals surface area contributed by atoms with Gasteiger partial charge >= 0.3 is 5.91 Å². The van der Waals surface area contributed by atoms with Crippen molar-refractivity contribution in [3.63, 3.8) is 0 Å². The number of hydrogen-bond acceptors (Lipinski definition) is 8. The summed E-state index contributed by atoms with van der Waals surface area (Å²) in [5.41, 5.74) is 0.307. The van der Waals surface area contributed by atoms with Crippen molar-refractivity contribution in [2.24, 2.45) is 20.2 Å². The molecule has 3 aliphatic heterocycles. The topological polar surface area (TPSA) is 136 Å². The zero-order valence-electron chi connectivity index (χ0n) is 9.54. The van der Waals surface area contributed by atoms with Gasteiger partial charge in [-0.1, -0.05) is 0 Å². The predicted molar refractivity (Wildman–Crippen MR) is 63.6 cm³/mol. The molecule has 1 fully saturated rings. The fraction of sp³-hybridized carbons (Fsp3) is 0.500. The van der Waals surface area contributed by atoms with Crippen LogP contribution in [0.15, 0.2) is 20.2 Å². The largest absolute Gasteiger partial charge is 0.394 e. The summed E-state index contributed by atoms with van der Waals surface area (Å²) >= 11 is 0. The second-order valence-electron chi connectivity index (χ2n) is 4.22. The van der Waals surface area contributed by atoms with Crippen molar-refractivity contribution in [2.75, 3.05) is 6.61 Å². The molecule has 0 aromatic carbocycles. The lowest BCUT2D eigenvalue weighted by molar-refractivity contribution is -0.111. The Labute approximate surface area is 106 Å². The third kappa shape index (κ3) is 1.75. The Bertz CT molecular complexity index is 552. The molecule has 100 valence electrons. The second kappa shape index (κ2) is 4.38. The van der Waals surface area contributed by atoms with Gasteiger partial charge in [0.2, 0.25) is 0 Å². The molecule has 3 rings (SSSR count). The van der Waals surface area contributed by atoms with Crippen molar-refractivity contribution in [3.8, 4) is 0 Å². The number of carbonyl (C=O) groups excluding carboxylic acids is 1. The quantitative estimate of drug-likeness (QED) is 0.499. The summed E-state index contributed by atoms with van der Waals surface area (Å²) in [6.07, 6.45) is -3.36. The van der Waals surface area contributed by atoms with Gasteiger partial charge in [0.1, 0.15) is 42.2 Å². The highest BCUT2D eigenvalue weighted by Crippen LogP contribution is 2.25. The molecule has 0 spiro atoms. The Balaban J connectivity index is 1.88. The molecular weight excluding hydrogens is 256 g/mol. The average molecular weight is 266 g/mol. The molecule has 0 radical (unpaired) electrons. The first-order valence-electron chi connectivity index (χ1n) is 5.57. The van der Waals surface area contributed by atoms with Gasteiger partial charge in [0.15, 0.2) is 5.71 Å². The van der Waals surface area contributed by atoms with E-state index in [0.29, 0.717) is 0 Å². The number of rotatable bonds is 2. The monoisotopic (exact) mass is 266 g/mol. The van der Waals surface area contributed by atoms with Crippen LogP contribution in [0.2, 0.25) is 0 Å². The number of fused-ring (bicyclic) bond motifs is 1. The number of aliphatic hydroxyl groups excluding tert-OH is 3. The third-order valence-electron chi connectivity index (χ3n) is 3.10. The molecule has 9 heteroatoms. The minimum absolute atomic E-state index is 0.0183. The Hall–Kier alpha value is -1.81. The van der Waals surface area contributed by atoms with Gasteiger partial charge in [-0.15, -0.1) is 10.2 Å². The molecular formula is C10H10N4O5. The van der Waals surface area contributed by atoms with Gasteiger partial charge < -0.3 is 20.1 Å². The summed E-state index contributed by atoms with van der Waals surface area (Å²) in [5.74, 6) is -0.574. The van der Waals surface area contributed by atoms with Crippen molar-refractivity contribution < 1.29 is 24.9 Å². The van der Waals surface area contributed by atoms with Crippen LogP contribution in [0.4, 0.5) is 0 Å². The van der Waals surface area contributed by atoms with Gasteiger partial charge in [0, 0.05) is 0 Å². The standard InChI is InChI=1S/C10H10N4O5/c15-1-3-7(16)8(17)9(19-3)5-4-6(14-13-5)10(18)12-2-11-4/h2-3,7-9,15-17H,1H2/t3-,7-,8-,9+/m0/s1. The fourth-order valence-corrected chi connectivity index (χ4v) is 2.11. The number of ether oxygens (including phenoxy) is 1. The number of nitrogens with zero attached hydrogens (tertiary/aromatic N) is 4. The molecule has 1 saturated heterocycles.